The number of Topliss-reactive ketones (excluding diaryl/α,β-unsaturated/α-hetero) is 1. The summed E-state index contributed by atoms with van der Waals surface area (Å²) in [5.41, 5.74) is 1.94. The van der Waals surface area contributed by atoms with Gasteiger partial charge in [-0.15, -0.1) is 0 Å². The summed E-state index contributed by atoms with van der Waals surface area (Å²) in [6, 6.07) is 10.5. The highest BCUT2D eigenvalue weighted by molar-refractivity contribution is 5.94. The van der Waals surface area contributed by atoms with Gasteiger partial charge in [0.05, 0.1) is 0 Å². The fourth-order valence-corrected chi connectivity index (χ4v) is 1.53. The van der Waals surface area contributed by atoms with Gasteiger partial charge in [-0.1, -0.05) is 24.3 Å². The topological polar surface area (TPSA) is 49.9 Å². The van der Waals surface area contributed by atoms with E-state index in [1.807, 2.05) is 0 Å². The Morgan fingerprint density at radius 2 is 1.81 bits per heavy atom. The van der Waals surface area contributed by atoms with Crippen LogP contribution in [0.25, 0.3) is 11.1 Å². The van der Waals surface area contributed by atoms with Gasteiger partial charge in [-0.25, -0.2) is 0 Å². The number of nitrogens with one attached hydrogen (secondary N) is 1. The lowest BCUT2D eigenvalue weighted by Gasteiger charge is -2.01. The van der Waals surface area contributed by atoms with Crippen LogP contribution >= 0.6 is 0 Å². The van der Waals surface area contributed by atoms with Gasteiger partial charge >= 0.3 is 0 Å². The van der Waals surface area contributed by atoms with Crippen molar-refractivity contribution >= 4 is 5.78 Å². The molecule has 1 heterocycles. The number of ketones is 1. The predicted octanol–water partition coefficient (Wildman–Crippen LogP) is 2.24. The van der Waals surface area contributed by atoms with Crippen molar-refractivity contribution in [2.24, 2.45) is 0 Å². The zero-order chi connectivity index (χ0) is 11.5. The molecule has 0 unspecified atom stereocenters. The van der Waals surface area contributed by atoms with E-state index in [1.54, 1.807) is 42.6 Å². The Morgan fingerprint density at radius 1 is 1.12 bits per heavy atom. The molecule has 2 rings (SSSR count). The summed E-state index contributed by atoms with van der Waals surface area (Å²) in [5.74, 6) is 0.0218. The number of rotatable bonds is 2. The molecule has 16 heavy (non-hydrogen) atoms. The molecule has 0 aliphatic carbocycles. The van der Waals surface area contributed by atoms with Gasteiger partial charge in [0.2, 0.25) is 0 Å². The second-order valence-electron chi connectivity index (χ2n) is 3.55. The van der Waals surface area contributed by atoms with Crippen LogP contribution < -0.4 is 5.56 Å². The molecule has 0 aliphatic heterocycles. The van der Waals surface area contributed by atoms with Crippen LogP contribution in [0.3, 0.4) is 0 Å². The predicted molar refractivity (Wildman–Crippen MR) is 62.5 cm³/mol. The first-order valence-corrected chi connectivity index (χ1v) is 4.97. The van der Waals surface area contributed by atoms with Crippen LogP contribution in [0.15, 0.2) is 47.4 Å². The van der Waals surface area contributed by atoms with E-state index in [9.17, 15) is 9.59 Å². The van der Waals surface area contributed by atoms with E-state index < -0.39 is 0 Å². The normalized spacial score (nSPS) is 10.1. The Hall–Kier alpha value is -2.16. The van der Waals surface area contributed by atoms with Crippen molar-refractivity contribution in [3.8, 4) is 11.1 Å². The highest BCUT2D eigenvalue weighted by atomic mass is 16.1. The fraction of sp³-hybridized carbons (Fsp3) is 0.0769. The molecule has 1 aromatic heterocycles. The SMILES string of the molecule is CC(=O)c1ccc(-c2ccc[nH]c2=O)cc1. The first kappa shape index (κ1) is 10.4. The van der Waals surface area contributed by atoms with E-state index in [0.29, 0.717) is 11.1 Å². The Labute approximate surface area is 92.8 Å². The first-order valence-electron chi connectivity index (χ1n) is 4.97. The Morgan fingerprint density at radius 3 is 2.38 bits per heavy atom. The van der Waals surface area contributed by atoms with E-state index >= 15 is 0 Å². The lowest BCUT2D eigenvalue weighted by molar-refractivity contribution is 0.101. The molecule has 3 heteroatoms. The number of hydrogen-bond acceptors (Lipinski definition) is 2. The summed E-state index contributed by atoms with van der Waals surface area (Å²) in [6.45, 7) is 1.52. The zero-order valence-electron chi connectivity index (χ0n) is 8.86. The minimum Gasteiger partial charge on any atom is -0.329 e. The van der Waals surface area contributed by atoms with Gasteiger partial charge in [-0.2, -0.15) is 0 Å². The maximum absolute atomic E-state index is 11.5. The fourth-order valence-electron chi connectivity index (χ4n) is 1.53. The largest absolute Gasteiger partial charge is 0.329 e. The van der Waals surface area contributed by atoms with Crippen molar-refractivity contribution in [1.82, 2.24) is 4.98 Å². The van der Waals surface area contributed by atoms with Gasteiger partial charge in [0.25, 0.3) is 5.56 Å². The van der Waals surface area contributed by atoms with Crippen LogP contribution in [0.4, 0.5) is 0 Å². The molecule has 0 spiro atoms. The van der Waals surface area contributed by atoms with Crippen LogP contribution in [-0.2, 0) is 0 Å². The second-order valence-corrected chi connectivity index (χ2v) is 3.55. The lowest BCUT2D eigenvalue weighted by atomic mass is 10.0. The average molecular weight is 213 g/mol. The summed E-state index contributed by atoms with van der Waals surface area (Å²) in [5, 5.41) is 0. The number of H-pyrrole nitrogens is 1. The number of benzene rings is 1. The van der Waals surface area contributed by atoms with E-state index in [-0.39, 0.29) is 11.3 Å². The van der Waals surface area contributed by atoms with E-state index in [2.05, 4.69) is 4.98 Å². The lowest BCUT2D eigenvalue weighted by Crippen LogP contribution is -2.06. The number of carbonyl (C=O) groups is 1. The molecule has 1 aromatic carbocycles. The third-order valence-corrected chi connectivity index (χ3v) is 2.42. The summed E-state index contributed by atoms with van der Waals surface area (Å²) in [4.78, 5) is 25.2. The molecular weight excluding hydrogens is 202 g/mol. The molecule has 0 amide bonds. The minimum absolute atomic E-state index is 0.0218. The number of carbonyl (C=O) groups excluding carboxylic acids is 1. The van der Waals surface area contributed by atoms with Gasteiger partial charge in [0.1, 0.15) is 0 Å². The second kappa shape index (κ2) is 4.14. The molecule has 0 radical (unpaired) electrons. The number of aromatic amines is 1. The van der Waals surface area contributed by atoms with Crippen molar-refractivity contribution in [2.45, 2.75) is 6.92 Å². The van der Waals surface area contributed by atoms with Crippen LogP contribution in [0.2, 0.25) is 0 Å². The highest BCUT2D eigenvalue weighted by Gasteiger charge is 2.03. The van der Waals surface area contributed by atoms with Gasteiger partial charge in [0, 0.05) is 17.3 Å². The molecule has 0 saturated carbocycles. The maximum atomic E-state index is 11.5. The van der Waals surface area contributed by atoms with Gasteiger partial charge in [-0.05, 0) is 24.6 Å². The van der Waals surface area contributed by atoms with Crippen LogP contribution in [-0.4, -0.2) is 10.8 Å². The van der Waals surface area contributed by atoms with Crippen molar-refractivity contribution < 1.29 is 4.79 Å². The summed E-state index contributed by atoms with van der Waals surface area (Å²) < 4.78 is 0. The monoisotopic (exact) mass is 213 g/mol. The molecule has 3 nitrogen and oxygen atoms in total. The maximum Gasteiger partial charge on any atom is 0.255 e. The molecule has 0 bridgehead atoms. The van der Waals surface area contributed by atoms with E-state index in [4.69, 9.17) is 0 Å². The highest BCUT2D eigenvalue weighted by Crippen LogP contribution is 2.15. The molecule has 0 fully saturated rings. The van der Waals surface area contributed by atoms with Crippen molar-refractivity contribution in [3.05, 3.63) is 58.5 Å². The third-order valence-electron chi connectivity index (χ3n) is 2.42. The zero-order valence-corrected chi connectivity index (χ0v) is 8.86. The van der Waals surface area contributed by atoms with E-state index in [1.165, 1.54) is 6.92 Å². The smallest absolute Gasteiger partial charge is 0.255 e. The Balaban J connectivity index is 2.47. The molecule has 0 atom stereocenters. The average Bonchev–Trinajstić information content (AvgIpc) is 2.30. The Bertz CT molecular complexity index is 567. The van der Waals surface area contributed by atoms with Crippen molar-refractivity contribution in [3.63, 3.8) is 0 Å². The van der Waals surface area contributed by atoms with Crippen molar-refractivity contribution in [1.29, 1.82) is 0 Å². The quantitative estimate of drug-likeness (QED) is 0.778. The van der Waals surface area contributed by atoms with Gasteiger partial charge in [-0.3, -0.25) is 9.59 Å². The summed E-state index contributed by atoms with van der Waals surface area (Å²) in [7, 11) is 0. The number of hydrogen-bond donors (Lipinski definition) is 1. The minimum atomic E-state index is -0.127. The summed E-state index contributed by atoms with van der Waals surface area (Å²) in [6.07, 6.45) is 1.59. The van der Waals surface area contributed by atoms with Crippen LogP contribution in [0, 0.1) is 0 Å². The molecule has 80 valence electrons. The Kier molecular flexibility index (Phi) is 2.68. The van der Waals surface area contributed by atoms with Gasteiger partial charge < -0.3 is 4.98 Å². The first-order chi connectivity index (χ1) is 7.68. The molecule has 0 aliphatic rings. The number of pyridine rings is 1. The van der Waals surface area contributed by atoms with Crippen molar-refractivity contribution in [2.75, 3.05) is 0 Å². The van der Waals surface area contributed by atoms with Crippen LogP contribution in [0.5, 0.6) is 0 Å². The van der Waals surface area contributed by atoms with E-state index in [0.717, 1.165) is 5.56 Å². The number of aromatic nitrogens is 1. The summed E-state index contributed by atoms with van der Waals surface area (Å²) >= 11 is 0. The van der Waals surface area contributed by atoms with Gasteiger partial charge in [0.15, 0.2) is 5.78 Å². The molecule has 1 N–H and O–H groups in total. The molecular formula is C13H11NO2. The standard InChI is InChI=1S/C13H11NO2/c1-9(15)10-4-6-11(7-5-10)12-3-2-8-14-13(12)16/h2-8H,1H3,(H,14,16). The van der Waals surface area contributed by atoms with Crippen LogP contribution in [0.1, 0.15) is 17.3 Å². The molecule has 2 aromatic rings. The molecule has 0 saturated heterocycles. The third kappa shape index (κ3) is 1.93.